The number of ether oxygens (including phenoxy) is 4. The lowest BCUT2D eigenvalue weighted by molar-refractivity contribution is -0.190. The molecule has 7 nitrogen and oxygen atoms in total. The molecule has 0 bridgehead atoms. The van der Waals surface area contributed by atoms with Gasteiger partial charge in [-0.25, -0.2) is 9.67 Å². The molecule has 5 rings (SSSR count). The summed E-state index contributed by atoms with van der Waals surface area (Å²) in [6.07, 6.45) is -2.66. The molecule has 0 radical (unpaired) electrons. The Kier molecular flexibility index (Phi) is 8.95. The highest BCUT2D eigenvalue weighted by molar-refractivity contribution is 6.35. The summed E-state index contributed by atoms with van der Waals surface area (Å²) in [5.74, 6) is -1.13. The van der Waals surface area contributed by atoms with Gasteiger partial charge in [0, 0.05) is 15.6 Å². The van der Waals surface area contributed by atoms with Crippen molar-refractivity contribution < 1.29 is 36.5 Å². The van der Waals surface area contributed by atoms with Gasteiger partial charge in [0.05, 0.1) is 11.6 Å². The molecule has 0 spiro atoms. The Balaban J connectivity index is 1.26. The van der Waals surface area contributed by atoms with E-state index in [2.05, 4.69) is 10.1 Å². The summed E-state index contributed by atoms with van der Waals surface area (Å²) in [7, 11) is 0. The van der Waals surface area contributed by atoms with Crippen LogP contribution in [0.2, 0.25) is 15.1 Å². The standard InChI is InChI=1S/C28H20Cl3F4N3O4/c29-18-3-1-17(2-4-18)25(28(33,34)35)26(32)41-21-8-6-20(7-9-21)39-12-22-13-40-27(42-22,14-38-16-36-15-37-38)23-10-5-19(30)11-24(23)31/h1-11,15-16,22H,12-14H2/b26-25+. The number of nitrogens with zero attached hydrogens (tertiary/aromatic N) is 3. The van der Waals surface area contributed by atoms with E-state index in [4.69, 9.17) is 53.8 Å². The molecule has 4 aromatic rings. The van der Waals surface area contributed by atoms with Crippen LogP contribution in [0.15, 0.2) is 85.4 Å². The van der Waals surface area contributed by atoms with Crippen molar-refractivity contribution >= 4 is 40.4 Å². The first-order chi connectivity index (χ1) is 20.0. The Morgan fingerprint density at radius 2 is 1.67 bits per heavy atom. The lowest BCUT2D eigenvalue weighted by Gasteiger charge is -2.29. The Hall–Kier alpha value is -3.35. The Bertz CT molecular complexity index is 1550. The maximum absolute atomic E-state index is 14.7. The third kappa shape index (κ3) is 6.99. The number of benzene rings is 3. The normalized spacial score (nSPS) is 19.5. The van der Waals surface area contributed by atoms with Gasteiger partial charge in [0.25, 0.3) is 6.01 Å². The molecule has 1 aliphatic rings. The van der Waals surface area contributed by atoms with Crippen LogP contribution in [-0.2, 0) is 21.8 Å². The quantitative estimate of drug-likeness (QED) is 0.137. The van der Waals surface area contributed by atoms with Gasteiger partial charge in [-0.05, 0) is 54.1 Å². The van der Waals surface area contributed by atoms with Gasteiger partial charge in [-0.1, -0.05) is 53.0 Å². The molecule has 1 saturated heterocycles. The van der Waals surface area contributed by atoms with Crippen molar-refractivity contribution in [3.05, 3.63) is 112 Å². The number of aromatic nitrogens is 3. The van der Waals surface area contributed by atoms with E-state index in [-0.39, 0.29) is 30.5 Å². The van der Waals surface area contributed by atoms with E-state index in [1.165, 1.54) is 53.7 Å². The first-order valence-corrected chi connectivity index (χ1v) is 13.4. The zero-order chi connectivity index (χ0) is 29.9. The van der Waals surface area contributed by atoms with Crippen LogP contribution in [0.25, 0.3) is 5.57 Å². The Labute approximate surface area is 252 Å². The summed E-state index contributed by atoms with van der Waals surface area (Å²) < 4.78 is 80.1. The first-order valence-electron chi connectivity index (χ1n) is 12.3. The van der Waals surface area contributed by atoms with Gasteiger partial charge in [-0.15, -0.1) is 0 Å². The van der Waals surface area contributed by atoms with Gasteiger partial charge in [0.2, 0.25) is 5.79 Å². The van der Waals surface area contributed by atoms with E-state index in [0.29, 0.717) is 21.4 Å². The second-order valence-electron chi connectivity index (χ2n) is 9.06. The number of hydrogen-bond donors (Lipinski definition) is 0. The average Bonchev–Trinajstić information content (AvgIpc) is 3.59. The molecular weight excluding hydrogens is 625 g/mol. The van der Waals surface area contributed by atoms with Gasteiger partial charge in [-0.2, -0.15) is 22.7 Å². The molecule has 0 N–H and O–H groups in total. The van der Waals surface area contributed by atoms with E-state index in [1.807, 2.05) is 0 Å². The van der Waals surface area contributed by atoms with Crippen LogP contribution in [0, 0.1) is 0 Å². The van der Waals surface area contributed by atoms with Crippen molar-refractivity contribution in [1.82, 2.24) is 14.8 Å². The Morgan fingerprint density at radius 3 is 2.31 bits per heavy atom. The number of halogens is 7. The van der Waals surface area contributed by atoms with E-state index in [0.717, 1.165) is 12.1 Å². The minimum absolute atomic E-state index is 0.0492. The highest BCUT2D eigenvalue weighted by atomic mass is 35.5. The zero-order valence-electron chi connectivity index (χ0n) is 21.3. The molecule has 1 fully saturated rings. The van der Waals surface area contributed by atoms with Crippen LogP contribution in [0.3, 0.4) is 0 Å². The van der Waals surface area contributed by atoms with Gasteiger partial charge in [0.1, 0.15) is 49.0 Å². The zero-order valence-corrected chi connectivity index (χ0v) is 23.6. The lowest BCUT2D eigenvalue weighted by atomic mass is 10.1. The number of hydrogen-bond acceptors (Lipinski definition) is 6. The maximum Gasteiger partial charge on any atom is 0.422 e. The summed E-state index contributed by atoms with van der Waals surface area (Å²) in [6, 6.07) is 13.1. The highest BCUT2D eigenvalue weighted by Crippen LogP contribution is 2.41. The van der Waals surface area contributed by atoms with Crippen molar-refractivity contribution in [2.75, 3.05) is 13.2 Å². The van der Waals surface area contributed by atoms with Crippen molar-refractivity contribution in [2.45, 2.75) is 24.6 Å². The van der Waals surface area contributed by atoms with Gasteiger partial charge >= 0.3 is 6.18 Å². The van der Waals surface area contributed by atoms with Crippen LogP contribution in [0.5, 0.6) is 11.5 Å². The molecule has 0 amide bonds. The minimum atomic E-state index is -5.01. The minimum Gasteiger partial charge on any atom is -0.491 e. The maximum atomic E-state index is 14.7. The summed E-state index contributed by atoms with van der Waals surface area (Å²) in [6.45, 7) is 0.343. The van der Waals surface area contributed by atoms with Crippen LogP contribution in [0.1, 0.15) is 11.1 Å². The fourth-order valence-electron chi connectivity index (χ4n) is 4.24. The highest BCUT2D eigenvalue weighted by Gasteiger charge is 2.46. The SMILES string of the molecule is F/C(Oc1ccc(OCC2COC(Cn3cncn3)(c3ccc(Cl)cc3Cl)O2)cc1)=C(/c1ccc(Cl)cc1)C(F)(F)F. The number of alkyl halides is 3. The largest absolute Gasteiger partial charge is 0.491 e. The van der Waals surface area contributed by atoms with Crippen LogP contribution in [-0.4, -0.2) is 40.3 Å². The van der Waals surface area contributed by atoms with E-state index < -0.39 is 35.2 Å². The van der Waals surface area contributed by atoms with E-state index >= 15 is 0 Å². The van der Waals surface area contributed by atoms with Crippen LogP contribution >= 0.6 is 34.8 Å². The molecule has 2 atom stereocenters. The number of rotatable bonds is 9. The second kappa shape index (κ2) is 12.5. The topological polar surface area (TPSA) is 67.6 Å². The summed E-state index contributed by atoms with van der Waals surface area (Å²) in [5, 5.41) is 5.12. The third-order valence-electron chi connectivity index (χ3n) is 6.12. The molecular formula is C28H20Cl3F4N3O4. The smallest absolute Gasteiger partial charge is 0.422 e. The predicted octanol–water partition coefficient (Wildman–Crippen LogP) is 7.87. The van der Waals surface area contributed by atoms with Crippen LogP contribution in [0.4, 0.5) is 17.6 Å². The van der Waals surface area contributed by atoms with Crippen LogP contribution < -0.4 is 9.47 Å². The molecule has 2 heterocycles. The van der Waals surface area contributed by atoms with Crippen molar-refractivity contribution in [1.29, 1.82) is 0 Å². The molecule has 1 aliphatic heterocycles. The molecule has 2 unspecified atom stereocenters. The summed E-state index contributed by atoms with van der Waals surface area (Å²) in [4.78, 5) is 3.95. The molecule has 14 heteroatoms. The molecule has 42 heavy (non-hydrogen) atoms. The molecule has 0 saturated carbocycles. The Morgan fingerprint density at radius 1 is 0.976 bits per heavy atom. The lowest BCUT2D eigenvalue weighted by Crippen LogP contribution is -2.35. The van der Waals surface area contributed by atoms with E-state index in [9.17, 15) is 17.6 Å². The van der Waals surface area contributed by atoms with Gasteiger partial charge in [0.15, 0.2) is 0 Å². The van der Waals surface area contributed by atoms with Crippen molar-refractivity contribution in [3.63, 3.8) is 0 Å². The predicted molar refractivity (Wildman–Crippen MR) is 147 cm³/mol. The second-order valence-corrected chi connectivity index (χ2v) is 10.3. The molecule has 1 aromatic heterocycles. The number of allylic oxidation sites excluding steroid dienone is 1. The van der Waals surface area contributed by atoms with E-state index in [1.54, 1.807) is 18.2 Å². The average molecular weight is 645 g/mol. The monoisotopic (exact) mass is 643 g/mol. The first kappa shape index (κ1) is 30.1. The summed E-state index contributed by atoms with van der Waals surface area (Å²) >= 11 is 18.3. The van der Waals surface area contributed by atoms with Crippen molar-refractivity contribution in [2.24, 2.45) is 0 Å². The fourth-order valence-corrected chi connectivity index (χ4v) is 4.91. The molecule has 220 valence electrons. The molecule has 3 aromatic carbocycles. The van der Waals surface area contributed by atoms with Crippen molar-refractivity contribution in [3.8, 4) is 11.5 Å². The molecule has 0 aliphatic carbocycles. The van der Waals surface area contributed by atoms with Gasteiger partial charge in [-0.3, -0.25) is 0 Å². The van der Waals surface area contributed by atoms with Gasteiger partial charge < -0.3 is 18.9 Å². The fraction of sp³-hybridized carbons (Fsp3) is 0.214. The third-order valence-corrected chi connectivity index (χ3v) is 6.92. The summed E-state index contributed by atoms with van der Waals surface area (Å²) in [5.41, 5.74) is -1.45.